The average molecular weight is 273 g/mol. The van der Waals surface area contributed by atoms with Crippen molar-refractivity contribution in [3.05, 3.63) is 47.3 Å². The molecule has 2 aromatic rings. The fraction of sp³-hybridized carbons (Fsp3) is 0.438. The van der Waals surface area contributed by atoms with Crippen LogP contribution in [-0.2, 0) is 7.05 Å². The number of hydrogen-bond donors (Lipinski definition) is 1. The van der Waals surface area contributed by atoms with E-state index in [0.29, 0.717) is 0 Å². The number of ether oxygens (including phenoxy) is 1. The third-order valence-corrected chi connectivity index (χ3v) is 3.42. The summed E-state index contributed by atoms with van der Waals surface area (Å²) in [5.74, 6) is 0.890. The maximum Gasteiger partial charge on any atom is 0.119 e. The Morgan fingerprint density at radius 2 is 2.15 bits per heavy atom. The summed E-state index contributed by atoms with van der Waals surface area (Å²) in [4.78, 5) is 0. The molecule has 0 spiro atoms. The van der Waals surface area contributed by atoms with Crippen LogP contribution in [0.3, 0.4) is 0 Å². The highest BCUT2D eigenvalue weighted by Crippen LogP contribution is 2.26. The topological polar surface area (TPSA) is 39.1 Å². The van der Waals surface area contributed by atoms with Crippen LogP contribution < -0.4 is 10.1 Å². The number of nitrogens with one attached hydrogen (secondary N) is 1. The molecule has 1 unspecified atom stereocenters. The van der Waals surface area contributed by atoms with Gasteiger partial charge in [0.15, 0.2) is 0 Å². The molecule has 4 heteroatoms. The van der Waals surface area contributed by atoms with E-state index < -0.39 is 0 Å². The largest absolute Gasteiger partial charge is 0.497 e. The molecule has 0 fully saturated rings. The van der Waals surface area contributed by atoms with E-state index in [1.165, 1.54) is 11.1 Å². The highest BCUT2D eigenvalue weighted by atomic mass is 16.5. The van der Waals surface area contributed by atoms with Gasteiger partial charge in [0, 0.05) is 13.2 Å². The van der Waals surface area contributed by atoms with E-state index in [0.717, 1.165) is 24.4 Å². The van der Waals surface area contributed by atoms with Crippen molar-refractivity contribution < 1.29 is 4.74 Å². The minimum absolute atomic E-state index is 0.127. The first-order valence-electron chi connectivity index (χ1n) is 7.03. The van der Waals surface area contributed by atoms with E-state index in [4.69, 9.17) is 4.74 Å². The van der Waals surface area contributed by atoms with Crippen LogP contribution in [0, 0.1) is 6.92 Å². The molecule has 2 rings (SSSR count). The molecule has 0 aliphatic heterocycles. The third kappa shape index (κ3) is 3.20. The second-order valence-corrected chi connectivity index (χ2v) is 5.02. The molecule has 1 aromatic carbocycles. The van der Waals surface area contributed by atoms with Crippen LogP contribution in [0.4, 0.5) is 0 Å². The van der Waals surface area contributed by atoms with Gasteiger partial charge in [0.05, 0.1) is 18.8 Å². The van der Waals surface area contributed by atoms with Gasteiger partial charge < -0.3 is 10.1 Å². The first-order valence-corrected chi connectivity index (χ1v) is 7.03. The Morgan fingerprint density at radius 3 is 2.70 bits per heavy atom. The van der Waals surface area contributed by atoms with Gasteiger partial charge in [-0.25, -0.2) is 0 Å². The number of rotatable bonds is 6. The zero-order valence-corrected chi connectivity index (χ0v) is 12.7. The molecule has 108 valence electrons. The SMILES string of the molecule is CCCNC(c1ccn(C)n1)c1ccc(OC)cc1C. The van der Waals surface area contributed by atoms with Crippen LogP contribution >= 0.6 is 0 Å². The summed E-state index contributed by atoms with van der Waals surface area (Å²) in [6, 6.07) is 8.39. The van der Waals surface area contributed by atoms with Crippen LogP contribution in [0.1, 0.15) is 36.2 Å². The Kier molecular flexibility index (Phi) is 4.79. The predicted octanol–water partition coefficient (Wildman–Crippen LogP) is 2.83. The number of methoxy groups -OCH3 is 1. The van der Waals surface area contributed by atoms with Crippen molar-refractivity contribution in [2.45, 2.75) is 26.3 Å². The van der Waals surface area contributed by atoms with Crippen molar-refractivity contribution in [3.63, 3.8) is 0 Å². The lowest BCUT2D eigenvalue weighted by Gasteiger charge is -2.19. The van der Waals surface area contributed by atoms with Gasteiger partial charge in [-0.1, -0.05) is 13.0 Å². The van der Waals surface area contributed by atoms with E-state index in [9.17, 15) is 0 Å². The van der Waals surface area contributed by atoms with Crippen molar-refractivity contribution in [2.75, 3.05) is 13.7 Å². The first-order chi connectivity index (χ1) is 9.65. The molecule has 1 aromatic heterocycles. The van der Waals surface area contributed by atoms with Crippen molar-refractivity contribution >= 4 is 0 Å². The minimum atomic E-state index is 0.127. The average Bonchev–Trinajstić information content (AvgIpc) is 2.87. The summed E-state index contributed by atoms with van der Waals surface area (Å²) in [7, 11) is 3.64. The second kappa shape index (κ2) is 6.57. The molecule has 0 aliphatic carbocycles. The fourth-order valence-electron chi connectivity index (χ4n) is 2.35. The van der Waals surface area contributed by atoms with Gasteiger partial charge in [0.2, 0.25) is 0 Å². The zero-order valence-electron chi connectivity index (χ0n) is 12.7. The molecule has 0 radical (unpaired) electrons. The molecular formula is C16H23N3O. The highest BCUT2D eigenvalue weighted by molar-refractivity contribution is 5.39. The fourth-order valence-corrected chi connectivity index (χ4v) is 2.35. The Balaban J connectivity index is 2.35. The van der Waals surface area contributed by atoms with Crippen molar-refractivity contribution in [1.82, 2.24) is 15.1 Å². The number of nitrogens with zero attached hydrogens (tertiary/aromatic N) is 2. The van der Waals surface area contributed by atoms with Crippen LogP contribution in [0.15, 0.2) is 30.5 Å². The Labute approximate surface area is 120 Å². The van der Waals surface area contributed by atoms with Gasteiger partial charge in [0.1, 0.15) is 5.75 Å². The maximum atomic E-state index is 5.28. The molecular weight excluding hydrogens is 250 g/mol. The summed E-state index contributed by atoms with van der Waals surface area (Å²) >= 11 is 0. The number of hydrogen-bond acceptors (Lipinski definition) is 3. The molecule has 0 bridgehead atoms. The van der Waals surface area contributed by atoms with Crippen LogP contribution in [-0.4, -0.2) is 23.4 Å². The number of aromatic nitrogens is 2. The minimum Gasteiger partial charge on any atom is -0.497 e. The molecule has 0 aliphatic rings. The number of benzene rings is 1. The van der Waals surface area contributed by atoms with E-state index >= 15 is 0 Å². The lowest BCUT2D eigenvalue weighted by Crippen LogP contribution is -2.24. The molecule has 0 saturated carbocycles. The quantitative estimate of drug-likeness (QED) is 0.879. The standard InChI is InChI=1S/C16H23N3O/c1-5-9-17-16(15-8-10-19(3)18-15)14-7-6-13(20-4)11-12(14)2/h6-8,10-11,16-17H,5,9H2,1-4H3. The van der Waals surface area contributed by atoms with Crippen molar-refractivity contribution in [2.24, 2.45) is 7.05 Å². The summed E-state index contributed by atoms with van der Waals surface area (Å²) in [6.07, 6.45) is 3.08. The van der Waals surface area contributed by atoms with Gasteiger partial charge in [-0.05, 0) is 49.2 Å². The van der Waals surface area contributed by atoms with Crippen LogP contribution in [0.25, 0.3) is 0 Å². The highest BCUT2D eigenvalue weighted by Gasteiger charge is 2.18. The molecule has 1 heterocycles. The van der Waals surface area contributed by atoms with E-state index in [2.05, 4.69) is 42.5 Å². The van der Waals surface area contributed by atoms with E-state index in [-0.39, 0.29) is 6.04 Å². The van der Waals surface area contributed by atoms with Gasteiger partial charge >= 0.3 is 0 Å². The van der Waals surface area contributed by atoms with E-state index in [1.807, 2.05) is 24.0 Å². The van der Waals surface area contributed by atoms with Gasteiger partial charge in [-0.2, -0.15) is 5.10 Å². The van der Waals surface area contributed by atoms with Crippen LogP contribution in [0.2, 0.25) is 0 Å². The molecule has 20 heavy (non-hydrogen) atoms. The third-order valence-electron chi connectivity index (χ3n) is 3.42. The summed E-state index contributed by atoms with van der Waals surface area (Å²) in [5, 5.41) is 8.12. The molecule has 1 atom stereocenters. The monoisotopic (exact) mass is 273 g/mol. The molecule has 1 N–H and O–H groups in total. The zero-order chi connectivity index (χ0) is 14.5. The van der Waals surface area contributed by atoms with E-state index in [1.54, 1.807) is 7.11 Å². The molecule has 0 amide bonds. The van der Waals surface area contributed by atoms with Gasteiger partial charge in [0.25, 0.3) is 0 Å². The Hall–Kier alpha value is -1.81. The Morgan fingerprint density at radius 1 is 1.35 bits per heavy atom. The molecule has 0 saturated heterocycles. The lowest BCUT2D eigenvalue weighted by molar-refractivity contribution is 0.414. The lowest BCUT2D eigenvalue weighted by atomic mass is 9.98. The molecule has 4 nitrogen and oxygen atoms in total. The number of aryl methyl sites for hydroxylation is 2. The van der Waals surface area contributed by atoms with Crippen LogP contribution in [0.5, 0.6) is 5.75 Å². The van der Waals surface area contributed by atoms with Crippen molar-refractivity contribution in [3.8, 4) is 5.75 Å². The smallest absolute Gasteiger partial charge is 0.119 e. The van der Waals surface area contributed by atoms with Crippen molar-refractivity contribution in [1.29, 1.82) is 0 Å². The maximum absolute atomic E-state index is 5.28. The van der Waals surface area contributed by atoms with Gasteiger partial charge in [-0.15, -0.1) is 0 Å². The first kappa shape index (κ1) is 14.6. The summed E-state index contributed by atoms with van der Waals surface area (Å²) in [6.45, 7) is 5.25. The normalized spacial score (nSPS) is 12.4. The van der Waals surface area contributed by atoms with Gasteiger partial charge in [-0.3, -0.25) is 4.68 Å². The predicted molar refractivity (Wildman–Crippen MR) is 81.1 cm³/mol. The summed E-state index contributed by atoms with van der Waals surface area (Å²) in [5.41, 5.74) is 3.51. The summed E-state index contributed by atoms with van der Waals surface area (Å²) < 4.78 is 7.12. The second-order valence-electron chi connectivity index (χ2n) is 5.02. The Bertz CT molecular complexity index is 563.